The molecule has 0 saturated carbocycles. The Morgan fingerprint density at radius 2 is 1.44 bits per heavy atom. The molecule has 0 aromatic heterocycles. The van der Waals surface area contributed by atoms with E-state index in [9.17, 15) is 0 Å². The van der Waals surface area contributed by atoms with Crippen molar-refractivity contribution >= 4 is 41.8 Å². The van der Waals surface area contributed by atoms with Crippen molar-refractivity contribution in [2.45, 2.75) is 3.93 Å². The Labute approximate surface area is 69.5 Å². The fourth-order valence-electron chi connectivity index (χ4n) is 0.650. The Kier molecular flexibility index (Phi) is 2.78. The summed E-state index contributed by atoms with van der Waals surface area (Å²) in [5.41, 5.74) is 0. The molecule has 0 fully saturated rings. The summed E-state index contributed by atoms with van der Waals surface area (Å²) in [5.74, 6) is 0. The molecule has 0 saturated heterocycles. The van der Waals surface area contributed by atoms with E-state index in [-0.39, 0.29) is 3.93 Å². The molecule has 1 aliphatic carbocycles. The van der Waals surface area contributed by atoms with Crippen LogP contribution in [0.2, 0.25) is 3.93 Å². The molecule has 0 amide bonds. The molecule has 9 heavy (non-hydrogen) atoms. The quantitative estimate of drug-likeness (QED) is 0.651. The van der Waals surface area contributed by atoms with Gasteiger partial charge in [0.2, 0.25) is 0 Å². The molecule has 0 bridgehead atoms. The van der Waals surface area contributed by atoms with Crippen LogP contribution in [0.25, 0.3) is 0 Å². The minimum absolute atomic E-state index is 0.157. The third-order valence-corrected chi connectivity index (χ3v) is 9.45. The molecule has 0 spiro atoms. The zero-order valence-corrected chi connectivity index (χ0v) is 9.64. The maximum absolute atomic E-state index is 5.78. The second-order valence-electron chi connectivity index (χ2n) is 1.84. The van der Waals surface area contributed by atoms with Crippen molar-refractivity contribution < 1.29 is 0 Å². The Hall–Kier alpha value is 1.15. The third kappa shape index (κ3) is 2.34. The van der Waals surface area contributed by atoms with Crippen molar-refractivity contribution in [3.05, 3.63) is 24.3 Å². The number of halogens is 3. The summed E-state index contributed by atoms with van der Waals surface area (Å²) < 4.78 is 0.157. The van der Waals surface area contributed by atoms with E-state index in [0.717, 1.165) is 0 Å². The molecule has 50 valence electrons. The van der Waals surface area contributed by atoms with Gasteiger partial charge in [-0.3, -0.25) is 0 Å². The second kappa shape index (κ2) is 3.03. The Morgan fingerprint density at radius 3 is 1.67 bits per heavy atom. The van der Waals surface area contributed by atoms with Gasteiger partial charge in [-0.15, -0.1) is 0 Å². The van der Waals surface area contributed by atoms with E-state index in [1.54, 1.807) is 0 Å². The van der Waals surface area contributed by atoms with Gasteiger partial charge >= 0.3 is 70.0 Å². The van der Waals surface area contributed by atoms with Crippen LogP contribution in [0.4, 0.5) is 0 Å². The summed E-state index contributed by atoms with van der Waals surface area (Å²) in [6.45, 7) is 0. The summed E-state index contributed by atoms with van der Waals surface area (Å²) >= 11 is -3.15. The molecule has 0 atom stereocenters. The molecule has 0 aromatic rings. The van der Waals surface area contributed by atoms with Gasteiger partial charge in [-0.2, -0.15) is 0 Å². The first-order valence-corrected chi connectivity index (χ1v) is 15.0. The number of hydrogen-bond acceptors (Lipinski definition) is 0. The van der Waals surface area contributed by atoms with Gasteiger partial charge in [-0.05, 0) is 0 Å². The topological polar surface area (TPSA) is 0 Å². The van der Waals surface area contributed by atoms with Gasteiger partial charge in [0.25, 0.3) is 0 Å². The van der Waals surface area contributed by atoms with E-state index >= 15 is 0 Å². The van der Waals surface area contributed by atoms with Gasteiger partial charge in [-0.25, -0.2) is 0 Å². The molecule has 0 radical (unpaired) electrons. The van der Waals surface area contributed by atoms with Crippen molar-refractivity contribution in [3.8, 4) is 0 Å². The average Bonchev–Trinajstić information content (AvgIpc) is 2.08. The van der Waals surface area contributed by atoms with Crippen molar-refractivity contribution in [1.29, 1.82) is 0 Å². The Balaban J connectivity index is 2.64. The first kappa shape index (κ1) is 8.25. The number of hydrogen-bond donors (Lipinski definition) is 0. The van der Waals surface area contributed by atoms with Crippen LogP contribution in [0.3, 0.4) is 0 Å². The molecule has 1 rings (SSSR count). The molecule has 0 aromatic carbocycles. The third-order valence-electron chi connectivity index (χ3n) is 1.13. The van der Waals surface area contributed by atoms with Gasteiger partial charge in [0, 0.05) is 0 Å². The fourth-order valence-corrected chi connectivity index (χ4v) is 5.46. The first-order valence-electron chi connectivity index (χ1n) is 2.52. The van der Waals surface area contributed by atoms with Gasteiger partial charge < -0.3 is 0 Å². The summed E-state index contributed by atoms with van der Waals surface area (Å²) in [6, 6.07) is 0. The normalized spacial score (nSPS) is 19.4. The molecule has 0 N–H and O–H groups in total. The molecular weight excluding hydrogens is 285 g/mol. The van der Waals surface area contributed by atoms with Crippen LogP contribution in [-0.4, -0.2) is 15.0 Å². The summed E-state index contributed by atoms with van der Waals surface area (Å²) in [7, 11) is 17.3. The molecule has 0 aliphatic heterocycles. The van der Waals surface area contributed by atoms with Gasteiger partial charge in [0.15, 0.2) is 0 Å². The van der Waals surface area contributed by atoms with Crippen molar-refractivity contribution in [2.24, 2.45) is 0 Å². The molecule has 0 nitrogen and oxygen atoms in total. The van der Waals surface area contributed by atoms with E-state index in [4.69, 9.17) is 26.8 Å². The monoisotopic (exact) mass is 290 g/mol. The molecule has 1 aliphatic rings. The molecule has 0 heterocycles. The maximum atomic E-state index is 5.78. The predicted octanol–water partition coefficient (Wildman–Crippen LogP) is 3.14. The zero-order chi connectivity index (χ0) is 6.91. The average molecular weight is 290 g/mol. The van der Waals surface area contributed by atoms with Gasteiger partial charge in [0.1, 0.15) is 0 Å². The number of allylic oxidation sites excluding steroid dienone is 4. The number of rotatable bonds is 1. The summed E-state index contributed by atoms with van der Waals surface area (Å²) in [4.78, 5) is 0. The van der Waals surface area contributed by atoms with Crippen LogP contribution in [-0.2, 0) is 0 Å². The van der Waals surface area contributed by atoms with Crippen LogP contribution in [0.1, 0.15) is 0 Å². The van der Waals surface area contributed by atoms with E-state index in [0.29, 0.717) is 0 Å². The predicted molar refractivity (Wildman–Crippen MR) is 45.3 cm³/mol. The molecule has 4 heteroatoms. The second-order valence-corrected chi connectivity index (χ2v) is 22.7. The summed E-state index contributed by atoms with van der Waals surface area (Å²) in [5, 5.41) is 0. The van der Waals surface area contributed by atoms with E-state index in [1.165, 1.54) is 0 Å². The Bertz CT molecular complexity index is 144. The van der Waals surface area contributed by atoms with Crippen molar-refractivity contribution in [1.82, 2.24) is 0 Å². The van der Waals surface area contributed by atoms with Crippen LogP contribution >= 0.6 is 26.8 Å². The fraction of sp³-hybridized carbons (Fsp3) is 0.200. The van der Waals surface area contributed by atoms with Crippen molar-refractivity contribution in [2.75, 3.05) is 0 Å². The van der Waals surface area contributed by atoms with Crippen LogP contribution in [0.15, 0.2) is 24.3 Å². The first-order chi connectivity index (χ1) is 4.11. The van der Waals surface area contributed by atoms with Crippen LogP contribution in [0.5, 0.6) is 0 Å². The van der Waals surface area contributed by atoms with Crippen LogP contribution < -0.4 is 0 Å². The standard InChI is InChI=1S/C5H5.3ClH.Sn/c1-2-4-5-3-1;;;;/h1-5H;3*1H;/q;;;;+3/p-3. The molecular formula is C5H5Cl3Sn. The zero-order valence-electron chi connectivity index (χ0n) is 4.52. The SMILES string of the molecule is [Cl][Sn]([Cl])([Cl])[CH]1C=CC=C1. The van der Waals surface area contributed by atoms with E-state index in [1.807, 2.05) is 24.3 Å². The van der Waals surface area contributed by atoms with Crippen molar-refractivity contribution in [3.63, 3.8) is 0 Å². The minimum atomic E-state index is -3.15. The molecule has 0 unspecified atom stereocenters. The summed E-state index contributed by atoms with van der Waals surface area (Å²) in [6.07, 6.45) is 7.74. The van der Waals surface area contributed by atoms with Crippen LogP contribution in [0, 0.1) is 0 Å². The van der Waals surface area contributed by atoms with Gasteiger partial charge in [-0.1, -0.05) is 0 Å². The van der Waals surface area contributed by atoms with Gasteiger partial charge in [0.05, 0.1) is 0 Å². The Morgan fingerprint density at radius 1 is 1.00 bits per heavy atom. The van der Waals surface area contributed by atoms with E-state index in [2.05, 4.69) is 0 Å². The van der Waals surface area contributed by atoms with E-state index < -0.39 is 15.0 Å².